The standard InChI is InChI=1S/C20H27N3O5/c1-13(21-18(25)15-9-5-3-6-10-15)19(26)28-14(2)17(24)23-20(27)22-16-11-7-4-8-12-16/h3,5-6,9-10,13-14,16H,4,7-8,11-12H2,1-2H3,(H,21,25)(H2,22,23,24,27)/t13-,14+/m0/s1. The number of benzene rings is 1. The molecular weight excluding hydrogens is 362 g/mol. The Bertz CT molecular complexity index is 701. The van der Waals surface area contributed by atoms with E-state index in [1.54, 1.807) is 30.3 Å². The molecule has 2 rings (SSSR count). The van der Waals surface area contributed by atoms with Gasteiger partial charge in [-0.15, -0.1) is 0 Å². The molecule has 152 valence electrons. The van der Waals surface area contributed by atoms with Crippen LogP contribution in [0.25, 0.3) is 0 Å². The number of rotatable bonds is 6. The Labute approximate surface area is 164 Å². The molecular formula is C20H27N3O5. The molecule has 0 saturated heterocycles. The summed E-state index contributed by atoms with van der Waals surface area (Å²) in [5.74, 6) is -1.91. The summed E-state index contributed by atoms with van der Waals surface area (Å²) < 4.78 is 5.06. The van der Waals surface area contributed by atoms with E-state index in [0.29, 0.717) is 5.56 Å². The van der Waals surface area contributed by atoms with Crippen molar-refractivity contribution < 1.29 is 23.9 Å². The molecule has 8 heteroatoms. The molecule has 4 amide bonds. The number of imide groups is 1. The number of ether oxygens (including phenoxy) is 1. The van der Waals surface area contributed by atoms with Gasteiger partial charge in [0.25, 0.3) is 11.8 Å². The molecule has 1 aromatic rings. The number of amides is 4. The highest BCUT2D eigenvalue weighted by Crippen LogP contribution is 2.17. The van der Waals surface area contributed by atoms with Gasteiger partial charge in [0.2, 0.25) is 0 Å². The van der Waals surface area contributed by atoms with Crippen molar-refractivity contribution in [2.75, 3.05) is 0 Å². The van der Waals surface area contributed by atoms with Gasteiger partial charge in [0.15, 0.2) is 6.10 Å². The van der Waals surface area contributed by atoms with Gasteiger partial charge in [-0.05, 0) is 38.8 Å². The number of hydrogen-bond donors (Lipinski definition) is 3. The Morgan fingerprint density at radius 2 is 1.64 bits per heavy atom. The minimum absolute atomic E-state index is 0.0626. The van der Waals surface area contributed by atoms with Crippen LogP contribution in [0.4, 0.5) is 4.79 Å². The predicted octanol–water partition coefficient (Wildman–Crippen LogP) is 1.90. The molecule has 0 radical (unpaired) electrons. The largest absolute Gasteiger partial charge is 0.451 e. The number of carbonyl (C=O) groups is 4. The second-order valence-electron chi connectivity index (χ2n) is 6.94. The molecule has 1 saturated carbocycles. The number of hydrogen-bond acceptors (Lipinski definition) is 5. The molecule has 0 aromatic heterocycles. The van der Waals surface area contributed by atoms with Crippen LogP contribution >= 0.6 is 0 Å². The van der Waals surface area contributed by atoms with Crippen LogP contribution in [0.2, 0.25) is 0 Å². The van der Waals surface area contributed by atoms with Crippen LogP contribution in [0.1, 0.15) is 56.3 Å². The molecule has 0 unspecified atom stereocenters. The number of nitrogens with one attached hydrogen (secondary N) is 3. The summed E-state index contributed by atoms with van der Waals surface area (Å²) >= 11 is 0. The molecule has 28 heavy (non-hydrogen) atoms. The Morgan fingerprint density at radius 1 is 1.00 bits per heavy atom. The second kappa shape index (κ2) is 10.4. The summed E-state index contributed by atoms with van der Waals surface area (Å²) in [5.41, 5.74) is 0.410. The fourth-order valence-corrected chi connectivity index (χ4v) is 2.94. The summed E-state index contributed by atoms with van der Waals surface area (Å²) in [5, 5.41) is 7.45. The maximum absolute atomic E-state index is 12.1. The van der Waals surface area contributed by atoms with Crippen molar-refractivity contribution in [1.29, 1.82) is 0 Å². The number of urea groups is 1. The average Bonchev–Trinajstić information content (AvgIpc) is 2.69. The highest BCUT2D eigenvalue weighted by molar-refractivity contribution is 5.98. The van der Waals surface area contributed by atoms with Crippen LogP contribution in [0.3, 0.4) is 0 Å². The first-order valence-electron chi connectivity index (χ1n) is 9.54. The van der Waals surface area contributed by atoms with E-state index in [1.165, 1.54) is 13.8 Å². The third-order valence-corrected chi connectivity index (χ3v) is 4.58. The van der Waals surface area contributed by atoms with E-state index in [0.717, 1.165) is 32.1 Å². The van der Waals surface area contributed by atoms with E-state index in [1.807, 2.05) is 0 Å². The highest BCUT2D eigenvalue weighted by atomic mass is 16.5. The minimum Gasteiger partial charge on any atom is -0.451 e. The molecule has 3 N–H and O–H groups in total. The molecule has 0 aliphatic heterocycles. The number of esters is 1. The molecule has 0 heterocycles. The molecule has 0 bridgehead atoms. The van der Waals surface area contributed by atoms with E-state index in [2.05, 4.69) is 16.0 Å². The Balaban J connectivity index is 1.76. The van der Waals surface area contributed by atoms with E-state index in [9.17, 15) is 19.2 Å². The third kappa shape index (κ3) is 6.68. The third-order valence-electron chi connectivity index (χ3n) is 4.58. The Hall–Kier alpha value is -2.90. The van der Waals surface area contributed by atoms with Crippen LogP contribution in [0.15, 0.2) is 30.3 Å². The monoisotopic (exact) mass is 389 g/mol. The summed E-state index contributed by atoms with van der Waals surface area (Å²) in [6, 6.07) is 6.96. The van der Waals surface area contributed by atoms with E-state index in [4.69, 9.17) is 4.74 Å². The zero-order chi connectivity index (χ0) is 20.5. The van der Waals surface area contributed by atoms with Gasteiger partial charge in [0.05, 0.1) is 0 Å². The van der Waals surface area contributed by atoms with Gasteiger partial charge in [-0.2, -0.15) is 0 Å². The van der Waals surface area contributed by atoms with Crippen molar-refractivity contribution in [2.45, 2.75) is 64.1 Å². The van der Waals surface area contributed by atoms with Gasteiger partial charge >= 0.3 is 12.0 Å². The summed E-state index contributed by atoms with van der Waals surface area (Å²) in [7, 11) is 0. The first-order chi connectivity index (χ1) is 13.4. The van der Waals surface area contributed by atoms with Crippen molar-refractivity contribution in [2.24, 2.45) is 0 Å². The van der Waals surface area contributed by atoms with Gasteiger partial charge < -0.3 is 15.4 Å². The first kappa shape index (κ1) is 21.4. The van der Waals surface area contributed by atoms with Gasteiger partial charge in [-0.3, -0.25) is 14.9 Å². The summed E-state index contributed by atoms with van der Waals surface area (Å²) in [6.45, 7) is 2.83. The normalized spacial score (nSPS) is 16.4. The molecule has 1 fully saturated rings. The maximum atomic E-state index is 12.1. The molecule has 2 atom stereocenters. The molecule has 1 aromatic carbocycles. The van der Waals surface area contributed by atoms with Crippen LogP contribution in [-0.2, 0) is 14.3 Å². The van der Waals surface area contributed by atoms with Crippen molar-refractivity contribution in [1.82, 2.24) is 16.0 Å². The van der Waals surface area contributed by atoms with Crippen LogP contribution in [0, 0.1) is 0 Å². The quantitative estimate of drug-likeness (QED) is 0.643. The van der Waals surface area contributed by atoms with Gasteiger partial charge in [-0.25, -0.2) is 9.59 Å². The zero-order valence-electron chi connectivity index (χ0n) is 16.2. The van der Waals surface area contributed by atoms with Crippen molar-refractivity contribution >= 4 is 23.8 Å². The fourth-order valence-electron chi connectivity index (χ4n) is 2.94. The van der Waals surface area contributed by atoms with E-state index in [-0.39, 0.29) is 6.04 Å². The van der Waals surface area contributed by atoms with Crippen molar-refractivity contribution in [3.8, 4) is 0 Å². The van der Waals surface area contributed by atoms with E-state index < -0.39 is 36.0 Å². The first-order valence-corrected chi connectivity index (χ1v) is 9.54. The topological polar surface area (TPSA) is 114 Å². The smallest absolute Gasteiger partial charge is 0.329 e. The Kier molecular flexibility index (Phi) is 7.98. The van der Waals surface area contributed by atoms with Gasteiger partial charge in [-0.1, -0.05) is 37.5 Å². The van der Waals surface area contributed by atoms with Crippen LogP contribution in [-0.4, -0.2) is 42.0 Å². The SMILES string of the molecule is C[C@H](NC(=O)c1ccccc1)C(=O)O[C@H](C)C(=O)NC(=O)NC1CCCCC1. The van der Waals surface area contributed by atoms with Crippen LogP contribution < -0.4 is 16.0 Å². The lowest BCUT2D eigenvalue weighted by Gasteiger charge is -2.23. The molecule has 8 nitrogen and oxygen atoms in total. The molecule has 1 aliphatic rings. The van der Waals surface area contributed by atoms with Gasteiger partial charge in [0.1, 0.15) is 6.04 Å². The lowest BCUT2D eigenvalue weighted by atomic mass is 9.96. The van der Waals surface area contributed by atoms with Crippen molar-refractivity contribution in [3.05, 3.63) is 35.9 Å². The van der Waals surface area contributed by atoms with E-state index >= 15 is 0 Å². The van der Waals surface area contributed by atoms with Gasteiger partial charge in [0, 0.05) is 11.6 Å². The average molecular weight is 389 g/mol. The molecule has 0 spiro atoms. The predicted molar refractivity (Wildman–Crippen MR) is 102 cm³/mol. The van der Waals surface area contributed by atoms with Crippen molar-refractivity contribution in [3.63, 3.8) is 0 Å². The number of carbonyl (C=O) groups excluding carboxylic acids is 4. The summed E-state index contributed by atoms with van der Waals surface area (Å²) in [6.07, 6.45) is 3.89. The highest BCUT2D eigenvalue weighted by Gasteiger charge is 2.25. The second-order valence-corrected chi connectivity index (χ2v) is 6.94. The minimum atomic E-state index is -1.17. The maximum Gasteiger partial charge on any atom is 0.329 e. The zero-order valence-corrected chi connectivity index (χ0v) is 16.2. The lowest BCUT2D eigenvalue weighted by molar-refractivity contribution is -0.155. The Morgan fingerprint density at radius 3 is 2.29 bits per heavy atom. The summed E-state index contributed by atoms with van der Waals surface area (Å²) in [4.78, 5) is 48.1. The fraction of sp³-hybridized carbons (Fsp3) is 0.500. The molecule has 1 aliphatic carbocycles. The lowest BCUT2D eigenvalue weighted by Crippen LogP contribution is -2.49. The van der Waals surface area contributed by atoms with Crippen LogP contribution in [0.5, 0.6) is 0 Å².